The molecule has 0 aliphatic carbocycles. The van der Waals surface area contributed by atoms with Crippen molar-refractivity contribution >= 4 is 11.6 Å². The maximum Gasteiger partial charge on any atom is 0.229 e. The number of hydrogen-bond acceptors (Lipinski definition) is 5. The fraction of sp³-hybridized carbons (Fsp3) is 0.125. The molecule has 0 amide bonds. The van der Waals surface area contributed by atoms with Gasteiger partial charge in [-0.25, -0.2) is 9.93 Å². The van der Waals surface area contributed by atoms with Crippen molar-refractivity contribution < 1.29 is 9.68 Å². The number of nitrogens with zero attached hydrogens (tertiary/aromatic N) is 2. The minimum absolute atomic E-state index is 0.0807. The predicted molar refractivity (Wildman–Crippen MR) is 54.3 cm³/mol. The molecule has 0 aliphatic rings. The van der Waals surface area contributed by atoms with E-state index in [1.165, 1.54) is 0 Å². The first-order valence-corrected chi connectivity index (χ1v) is 3.99. The monoisotopic (exact) mass is 210 g/mol. The molecule has 15 heavy (non-hydrogen) atoms. The molecule has 0 aliphatic heterocycles. The Bertz CT molecular complexity index is 367. The van der Waals surface area contributed by atoms with Crippen LogP contribution in [0.1, 0.15) is 0 Å². The van der Waals surface area contributed by atoms with E-state index in [-0.39, 0.29) is 5.96 Å². The molecule has 0 heterocycles. The molecule has 0 spiro atoms. The Kier molecular flexibility index (Phi) is 3.90. The Balaban J connectivity index is 2.73. The second kappa shape index (κ2) is 5.43. The molecule has 0 aromatic heterocycles. The molecule has 1 rings (SSSR count). The summed E-state index contributed by atoms with van der Waals surface area (Å²) in [4.78, 5) is 17.4. The summed E-state index contributed by atoms with van der Waals surface area (Å²) in [6.45, 7) is 0. The third-order valence-corrected chi connectivity index (χ3v) is 1.49. The Hall–Kier alpha value is -2.31. The number of benzene rings is 1. The normalized spacial score (nSPS) is 10.6. The molecule has 1 aromatic rings. The van der Waals surface area contributed by atoms with Crippen LogP contribution in [-0.4, -0.2) is 13.1 Å². The number of nitrogens with two attached hydrogens (primary N) is 1. The SMILES string of the molecule is COc1cccc(N=C(N)NON=O)c1. The maximum absolute atomic E-state index is 9.60. The first-order valence-electron chi connectivity index (χ1n) is 3.99. The van der Waals surface area contributed by atoms with Gasteiger partial charge in [0, 0.05) is 6.07 Å². The molecule has 7 nitrogen and oxygen atoms in total. The summed E-state index contributed by atoms with van der Waals surface area (Å²) < 4.78 is 4.99. The molecule has 7 heteroatoms. The van der Waals surface area contributed by atoms with Crippen LogP contribution in [0.5, 0.6) is 5.75 Å². The van der Waals surface area contributed by atoms with Crippen molar-refractivity contribution in [3.63, 3.8) is 0 Å². The zero-order valence-corrected chi connectivity index (χ0v) is 8.01. The van der Waals surface area contributed by atoms with Gasteiger partial charge < -0.3 is 10.5 Å². The van der Waals surface area contributed by atoms with E-state index >= 15 is 0 Å². The third-order valence-electron chi connectivity index (χ3n) is 1.49. The van der Waals surface area contributed by atoms with Crippen LogP contribution in [0.25, 0.3) is 0 Å². The van der Waals surface area contributed by atoms with Gasteiger partial charge >= 0.3 is 0 Å². The van der Waals surface area contributed by atoms with Gasteiger partial charge in [0.25, 0.3) is 0 Å². The van der Waals surface area contributed by atoms with Crippen LogP contribution < -0.4 is 16.0 Å². The Morgan fingerprint density at radius 3 is 3.00 bits per heavy atom. The highest BCUT2D eigenvalue weighted by Gasteiger charge is 1.95. The van der Waals surface area contributed by atoms with Crippen molar-refractivity contribution in [1.82, 2.24) is 5.48 Å². The molecule has 3 N–H and O–H groups in total. The molecule has 0 unspecified atom stereocenters. The number of nitrogens with one attached hydrogen (secondary N) is 1. The van der Waals surface area contributed by atoms with E-state index in [2.05, 4.69) is 15.3 Å². The summed E-state index contributed by atoms with van der Waals surface area (Å²) >= 11 is 0. The van der Waals surface area contributed by atoms with Gasteiger partial charge in [-0.05, 0) is 12.1 Å². The number of hydrogen-bond donors (Lipinski definition) is 2. The lowest BCUT2D eigenvalue weighted by Crippen LogP contribution is -2.29. The molecular weight excluding hydrogens is 200 g/mol. The molecule has 0 radical (unpaired) electrons. The third kappa shape index (κ3) is 3.51. The number of hydroxylamine groups is 1. The topological polar surface area (TPSA) is 98.3 Å². The summed E-state index contributed by atoms with van der Waals surface area (Å²) in [7, 11) is 1.55. The van der Waals surface area contributed by atoms with E-state index in [0.717, 1.165) is 0 Å². The number of rotatable bonds is 4. The van der Waals surface area contributed by atoms with E-state index < -0.39 is 0 Å². The molecule has 1 aromatic carbocycles. The molecule has 0 bridgehead atoms. The number of methoxy groups -OCH3 is 1. The smallest absolute Gasteiger partial charge is 0.229 e. The standard InChI is InChI=1S/C8H10N4O3/c1-14-7-4-2-3-6(5-7)10-8(9)11-15-12-13/h2-5H,1H3,(H3,9,10,11). The molecule has 0 atom stereocenters. The molecule has 0 saturated heterocycles. The quantitative estimate of drug-likeness (QED) is 0.332. The first-order chi connectivity index (χ1) is 7.26. The molecule has 0 fully saturated rings. The first kappa shape index (κ1) is 10.8. The molecular formula is C8H10N4O3. The Morgan fingerprint density at radius 2 is 2.33 bits per heavy atom. The summed E-state index contributed by atoms with van der Waals surface area (Å²) in [5.41, 5.74) is 7.95. The van der Waals surface area contributed by atoms with E-state index in [9.17, 15) is 4.91 Å². The van der Waals surface area contributed by atoms with Crippen molar-refractivity contribution in [3.8, 4) is 5.75 Å². The lowest BCUT2D eigenvalue weighted by Gasteiger charge is -2.01. The Labute approximate surface area is 85.8 Å². The zero-order valence-electron chi connectivity index (χ0n) is 8.01. The van der Waals surface area contributed by atoms with Crippen LogP contribution in [0, 0.1) is 4.91 Å². The van der Waals surface area contributed by atoms with Crippen molar-refractivity contribution in [1.29, 1.82) is 0 Å². The average Bonchev–Trinajstić information content (AvgIpc) is 2.26. The van der Waals surface area contributed by atoms with Crippen molar-refractivity contribution in [2.45, 2.75) is 0 Å². The lowest BCUT2D eigenvalue weighted by molar-refractivity contribution is 0.0876. The van der Waals surface area contributed by atoms with Gasteiger partial charge in [-0.1, -0.05) is 6.07 Å². The molecule has 80 valence electrons. The van der Waals surface area contributed by atoms with Crippen LogP contribution in [0.2, 0.25) is 0 Å². The fourth-order valence-corrected chi connectivity index (χ4v) is 0.907. The summed E-state index contributed by atoms with van der Waals surface area (Å²) in [5, 5.41) is 2.10. The van der Waals surface area contributed by atoms with Crippen molar-refractivity contribution in [2.24, 2.45) is 16.1 Å². The maximum atomic E-state index is 9.60. The Morgan fingerprint density at radius 1 is 1.53 bits per heavy atom. The largest absolute Gasteiger partial charge is 0.497 e. The summed E-state index contributed by atoms with van der Waals surface area (Å²) in [6, 6.07) is 6.91. The minimum atomic E-state index is -0.0807. The predicted octanol–water partition coefficient (Wildman–Crippen LogP) is 0.844. The number of guanidine groups is 1. The molecule has 0 saturated carbocycles. The summed E-state index contributed by atoms with van der Waals surface area (Å²) in [5.74, 6) is 0.571. The van der Waals surface area contributed by atoms with Crippen molar-refractivity contribution in [2.75, 3.05) is 7.11 Å². The number of ether oxygens (including phenoxy) is 1. The van der Waals surface area contributed by atoms with Crippen LogP contribution >= 0.6 is 0 Å². The minimum Gasteiger partial charge on any atom is -0.497 e. The van der Waals surface area contributed by atoms with Crippen LogP contribution in [0.15, 0.2) is 34.6 Å². The van der Waals surface area contributed by atoms with Gasteiger partial charge in [0.05, 0.1) is 12.8 Å². The number of aliphatic imine (C=N–C) groups is 1. The van der Waals surface area contributed by atoms with Crippen LogP contribution in [0.3, 0.4) is 0 Å². The second-order valence-corrected chi connectivity index (χ2v) is 2.47. The van der Waals surface area contributed by atoms with Gasteiger partial charge in [0.1, 0.15) is 5.75 Å². The van der Waals surface area contributed by atoms with Gasteiger partial charge in [0.2, 0.25) is 5.96 Å². The van der Waals surface area contributed by atoms with Crippen LogP contribution in [-0.2, 0) is 4.94 Å². The van der Waals surface area contributed by atoms with E-state index in [4.69, 9.17) is 10.5 Å². The van der Waals surface area contributed by atoms with Crippen LogP contribution in [0.4, 0.5) is 5.69 Å². The van der Waals surface area contributed by atoms with Gasteiger partial charge in [0.15, 0.2) is 5.34 Å². The highest BCUT2D eigenvalue weighted by molar-refractivity contribution is 5.79. The fourth-order valence-electron chi connectivity index (χ4n) is 0.907. The second-order valence-electron chi connectivity index (χ2n) is 2.47. The highest BCUT2D eigenvalue weighted by atomic mass is 16.8. The van der Waals surface area contributed by atoms with E-state index in [1.807, 2.05) is 5.48 Å². The zero-order chi connectivity index (χ0) is 11.1. The lowest BCUT2D eigenvalue weighted by atomic mass is 10.3. The van der Waals surface area contributed by atoms with Gasteiger partial charge in [-0.15, -0.1) is 4.91 Å². The van der Waals surface area contributed by atoms with E-state index in [0.29, 0.717) is 11.4 Å². The van der Waals surface area contributed by atoms with Gasteiger partial charge in [-0.2, -0.15) is 5.48 Å². The van der Waals surface area contributed by atoms with Gasteiger partial charge in [-0.3, -0.25) is 0 Å². The van der Waals surface area contributed by atoms with E-state index in [1.54, 1.807) is 31.4 Å². The summed E-state index contributed by atoms with van der Waals surface area (Å²) in [6.07, 6.45) is 0. The highest BCUT2D eigenvalue weighted by Crippen LogP contribution is 2.18. The average molecular weight is 210 g/mol. The van der Waals surface area contributed by atoms with Crippen molar-refractivity contribution in [3.05, 3.63) is 29.2 Å².